The summed E-state index contributed by atoms with van der Waals surface area (Å²) in [7, 11) is 3.72. The van der Waals surface area contributed by atoms with E-state index in [9.17, 15) is 0 Å². The SMILES string of the molecule is C=CN=C(N)/C(C(=P)c1ccnc(N)c1)=C(\C)N1CCNCC1. The fourth-order valence-electron chi connectivity index (χ4n) is 2.56. The predicted octanol–water partition coefficient (Wildman–Crippen LogP) is 1.01. The lowest BCUT2D eigenvalue weighted by Crippen LogP contribution is -2.43. The third-order valence-electron chi connectivity index (χ3n) is 3.76. The highest BCUT2D eigenvalue weighted by Gasteiger charge is 2.19. The minimum Gasteiger partial charge on any atom is -0.384 e. The zero-order chi connectivity index (χ0) is 16.8. The Labute approximate surface area is 139 Å². The lowest BCUT2D eigenvalue weighted by atomic mass is 10.0. The molecule has 0 unspecified atom stereocenters. The fraction of sp³-hybridized carbons (Fsp3) is 0.312. The van der Waals surface area contributed by atoms with Crippen LogP contribution in [0.15, 0.2) is 47.4 Å². The number of nitrogens with zero attached hydrogens (tertiary/aromatic N) is 3. The summed E-state index contributed by atoms with van der Waals surface area (Å²) in [6.07, 6.45) is 3.12. The summed E-state index contributed by atoms with van der Waals surface area (Å²) in [4.78, 5) is 10.5. The molecule has 1 aromatic rings. The van der Waals surface area contributed by atoms with Crippen molar-refractivity contribution in [3.63, 3.8) is 0 Å². The third-order valence-corrected chi connectivity index (χ3v) is 4.30. The number of hydrogen-bond donors (Lipinski definition) is 3. The normalized spacial score (nSPS) is 16.7. The standard InChI is InChI=1S/C16H23N6P/c1-3-20-16(18)14(11(2)22-8-6-19-7-9-22)15(23)12-4-5-21-13(17)10-12/h3-5,10,19,23H,1,6-9H2,2H3,(H2,17,21)(H2,18,20)/b14-11+. The van der Waals surface area contributed by atoms with Crippen LogP contribution in [-0.4, -0.2) is 47.2 Å². The molecule has 122 valence electrons. The van der Waals surface area contributed by atoms with Crippen LogP contribution >= 0.6 is 8.86 Å². The molecule has 6 nitrogen and oxygen atoms in total. The van der Waals surface area contributed by atoms with Gasteiger partial charge in [-0.05, 0) is 24.6 Å². The van der Waals surface area contributed by atoms with Gasteiger partial charge in [-0.2, -0.15) is 0 Å². The molecule has 0 bridgehead atoms. The molecule has 0 saturated carbocycles. The Hall–Kier alpha value is -2.17. The predicted molar refractivity (Wildman–Crippen MR) is 100 cm³/mol. The number of rotatable bonds is 5. The summed E-state index contributed by atoms with van der Waals surface area (Å²) in [5.74, 6) is 0.869. The van der Waals surface area contributed by atoms with Crippen molar-refractivity contribution in [3.8, 4) is 0 Å². The molecule has 0 amide bonds. The number of amidine groups is 1. The quantitative estimate of drug-likeness (QED) is 0.426. The first kappa shape index (κ1) is 17.2. The van der Waals surface area contributed by atoms with Crippen molar-refractivity contribution < 1.29 is 0 Å². The van der Waals surface area contributed by atoms with Crippen LogP contribution in [0.25, 0.3) is 0 Å². The first-order valence-electron chi connectivity index (χ1n) is 7.46. The van der Waals surface area contributed by atoms with Gasteiger partial charge in [-0.3, -0.25) is 0 Å². The van der Waals surface area contributed by atoms with Gasteiger partial charge in [0.2, 0.25) is 0 Å². The Bertz CT molecular complexity index is 658. The van der Waals surface area contributed by atoms with E-state index in [1.807, 2.05) is 6.07 Å². The molecule has 1 aromatic heterocycles. The molecular formula is C16H23N6P. The molecule has 1 fully saturated rings. The average Bonchev–Trinajstić information content (AvgIpc) is 2.56. The van der Waals surface area contributed by atoms with Crippen LogP contribution in [0.2, 0.25) is 0 Å². The van der Waals surface area contributed by atoms with Crippen molar-refractivity contribution in [2.24, 2.45) is 10.7 Å². The van der Waals surface area contributed by atoms with E-state index < -0.39 is 0 Å². The smallest absolute Gasteiger partial charge is 0.133 e. The number of anilines is 1. The molecule has 0 radical (unpaired) electrons. The number of aliphatic imine (C=N–C) groups is 1. The molecule has 0 spiro atoms. The van der Waals surface area contributed by atoms with E-state index in [0.717, 1.165) is 48.3 Å². The second-order valence-corrected chi connectivity index (χ2v) is 5.74. The number of nitrogen functional groups attached to an aromatic ring is 1. The summed E-state index contributed by atoms with van der Waals surface area (Å²) in [6, 6.07) is 3.68. The Kier molecular flexibility index (Phi) is 5.90. The summed E-state index contributed by atoms with van der Waals surface area (Å²) < 4.78 is 0. The largest absolute Gasteiger partial charge is 0.384 e. The van der Waals surface area contributed by atoms with E-state index in [-0.39, 0.29) is 0 Å². The van der Waals surface area contributed by atoms with Crippen LogP contribution in [0.1, 0.15) is 12.5 Å². The monoisotopic (exact) mass is 330 g/mol. The number of hydrogen-bond acceptors (Lipinski definition) is 5. The van der Waals surface area contributed by atoms with Gasteiger partial charge in [0, 0.05) is 55.1 Å². The van der Waals surface area contributed by atoms with Gasteiger partial charge >= 0.3 is 0 Å². The van der Waals surface area contributed by atoms with Crippen LogP contribution in [0, 0.1) is 0 Å². The van der Waals surface area contributed by atoms with Crippen molar-refractivity contribution in [1.82, 2.24) is 15.2 Å². The number of piperazine rings is 1. The van der Waals surface area contributed by atoms with E-state index in [2.05, 4.69) is 42.6 Å². The molecular weight excluding hydrogens is 307 g/mol. The van der Waals surface area contributed by atoms with E-state index in [4.69, 9.17) is 11.5 Å². The highest BCUT2D eigenvalue weighted by Crippen LogP contribution is 2.19. The van der Waals surface area contributed by atoms with Crippen molar-refractivity contribution in [3.05, 3.63) is 47.9 Å². The Balaban J connectivity index is 2.47. The van der Waals surface area contributed by atoms with E-state index in [1.54, 1.807) is 12.3 Å². The van der Waals surface area contributed by atoms with Gasteiger partial charge in [-0.25, -0.2) is 9.98 Å². The zero-order valence-electron chi connectivity index (χ0n) is 13.3. The van der Waals surface area contributed by atoms with Crippen molar-refractivity contribution in [1.29, 1.82) is 0 Å². The lowest BCUT2D eigenvalue weighted by Gasteiger charge is -2.32. The summed E-state index contributed by atoms with van der Waals surface area (Å²) >= 11 is 0. The van der Waals surface area contributed by atoms with Gasteiger partial charge < -0.3 is 21.7 Å². The molecule has 0 aromatic carbocycles. The lowest BCUT2D eigenvalue weighted by molar-refractivity contribution is 0.299. The Morgan fingerprint density at radius 1 is 1.48 bits per heavy atom. The molecule has 23 heavy (non-hydrogen) atoms. The molecule has 1 saturated heterocycles. The number of nitrogens with one attached hydrogen (secondary N) is 1. The topological polar surface area (TPSA) is 92.6 Å². The first-order valence-corrected chi connectivity index (χ1v) is 7.96. The van der Waals surface area contributed by atoms with Crippen LogP contribution in [0.4, 0.5) is 5.82 Å². The Morgan fingerprint density at radius 2 is 2.17 bits per heavy atom. The third kappa shape index (κ3) is 4.18. The first-order chi connectivity index (χ1) is 11.0. The maximum atomic E-state index is 6.19. The second-order valence-electron chi connectivity index (χ2n) is 5.24. The van der Waals surface area contributed by atoms with Crippen LogP contribution < -0.4 is 16.8 Å². The van der Waals surface area contributed by atoms with Gasteiger partial charge in [-0.1, -0.05) is 6.58 Å². The van der Waals surface area contributed by atoms with E-state index in [0.29, 0.717) is 11.7 Å². The van der Waals surface area contributed by atoms with Gasteiger partial charge in [0.1, 0.15) is 11.7 Å². The molecule has 1 aliphatic rings. The number of pyridine rings is 1. The van der Waals surface area contributed by atoms with E-state index in [1.165, 1.54) is 6.20 Å². The van der Waals surface area contributed by atoms with Gasteiger partial charge in [0.05, 0.1) is 0 Å². The Morgan fingerprint density at radius 3 is 2.78 bits per heavy atom. The zero-order valence-corrected chi connectivity index (χ0v) is 14.3. The molecule has 0 aliphatic carbocycles. The van der Waals surface area contributed by atoms with Gasteiger partial charge in [0.15, 0.2) is 0 Å². The van der Waals surface area contributed by atoms with Crippen LogP contribution in [0.3, 0.4) is 0 Å². The van der Waals surface area contributed by atoms with Crippen molar-refractivity contribution in [2.75, 3.05) is 31.9 Å². The fourth-order valence-corrected chi connectivity index (χ4v) is 3.03. The van der Waals surface area contributed by atoms with Crippen LogP contribution in [0.5, 0.6) is 0 Å². The van der Waals surface area contributed by atoms with Crippen molar-refractivity contribution >= 4 is 25.8 Å². The molecule has 2 rings (SSSR count). The highest BCUT2D eigenvalue weighted by atomic mass is 31.0. The number of allylic oxidation sites excluding steroid dienone is 1. The number of aromatic nitrogens is 1. The molecule has 0 atom stereocenters. The second kappa shape index (κ2) is 7.90. The van der Waals surface area contributed by atoms with E-state index >= 15 is 0 Å². The highest BCUT2D eigenvalue weighted by molar-refractivity contribution is 7.23. The average molecular weight is 330 g/mol. The molecule has 2 heterocycles. The van der Waals surface area contributed by atoms with Gasteiger partial charge in [-0.15, -0.1) is 8.86 Å². The minimum absolute atomic E-state index is 0.413. The van der Waals surface area contributed by atoms with Crippen molar-refractivity contribution in [2.45, 2.75) is 6.92 Å². The maximum Gasteiger partial charge on any atom is 0.133 e. The maximum absolute atomic E-state index is 6.19. The minimum atomic E-state index is 0.413. The summed E-state index contributed by atoms with van der Waals surface area (Å²) in [5.41, 5.74) is 14.8. The number of nitrogens with two attached hydrogens (primary N) is 2. The molecule has 5 N–H and O–H groups in total. The van der Waals surface area contributed by atoms with Gasteiger partial charge in [0.25, 0.3) is 0 Å². The summed E-state index contributed by atoms with van der Waals surface area (Å²) in [6.45, 7) is 9.43. The summed E-state index contributed by atoms with van der Waals surface area (Å²) in [5, 5.41) is 4.18. The van der Waals surface area contributed by atoms with Crippen LogP contribution in [-0.2, 0) is 0 Å². The molecule has 1 aliphatic heterocycles. The molecule has 7 heteroatoms.